The average molecular weight is 240 g/mol. The summed E-state index contributed by atoms with van der Waals surface area (Å²) >= 11 is 5.74. The summed E-state index contributed by atoms with van der Waals surface area (Å²) < 4.78 is 0. The Morgan fingerprint density at radius 3 is 2.38 bits per heavy atom. The minimum atomic E-state index is 0.604. The summed E-state index contributed by atoms with van der Waals surface area (Å²) in [4.78, 5) is 2.50. The van der Waals surface area contributed by atoms with Crippen molar-refractivity contribution in [3.05, 3.63) is 35.9 Å². The van der Waals surface area contributed by atoms with E-state index in [1.54, 1.807) is 0 Å². The third-order valence-electron chi connectivity index (χ3n) is 2.84. The predicted octanol–water partition coefficient (Wildman–Crippen LogP) is 3.57. The second kappa shape index (κ2) is 7.70. The minimum Gasteiger partial charge on any atom is -0.301 e. The van der Waals surface area contributed by atoms with Gasteiger partial charge in [-0.25, -0.2) is 0 Å². The van der Waals surface area contributed by atoms with Crippen molar-refractivity contribution >= 4 is 11.6 Å². The molecule has 0 heterocycles. The van der Waals surface area contributed by atoms with E-state index in [-0.39, 0.29) is 0 Å². The smallest absolute Gasteiger partial charge is 0.0235 e. The number of hydrogen-bond donors (Lipinski definition) is 0. The van der Waals surface area contributed by atoms with Crippen LogP contribution in [0.1, 0.15) is 25.8 Å². The molecule has 16 heavy (non-hydrogen) atoms. The van der Waals surface area contributed by atoms with Gasteiger partial charge in [-0.15, -0.1) is 11.6 Å². The Balaban J connectivity index is 2.38. The molecule has 0 saturated carbocycles. The molecule has 0 spiro atoms. The van der Waals surface area contributed by atoms with Gasteiger partial charge >= 0.3 is 0 Å². The molecular formula is C14H22ClN. The van der Waals surface area contributed by atoms with Gasteiger partial charge in [-0.05, 0) is 38.8 Å². The summed E-state index contributed by atoms with van der Waals surface area (Å²) in [6.07, 6.45) is 2.20. The highest BCUT2D eigenvalue weighted by atomic mass is 35.5. The molecule has 0 atom stereocenters. The van der Waals surface area contributed by atoms with Crippen LogP contribution in [-0.2, 0) is 6.42 Å². The van der Waals surface area contributed by atoms with Gasteiger partial charge in [0.15, 0.2) is 0 Å². The molecular weight excluding hydrogens is 218 g/mol. The van der Waals surface area contributed by atoms with Crippen LogP contribution in [-0.4, -0.2) is 29.9 Å². The Morgan fingerprint density at radius 1 is 1.12 bits per heavy atom. The minimum absolute atomic E-state index is 0.604. The predicted molar refractivity (Wildman–Crippen MR) is 72.2 cm³/mol. The maximum Gasteiger partial charge on any atom is 0.0235 e. The molecule has 0 aliphatic heterocycles. The van der Waals surface area contributed by atoms with Crippen LogP contribution in [0.15, 0.2) is 30.3 Å². The van der Waals surface area contributed by atoms with Gasteiger partial charge in [-0.3, -0.25) is 0 Å². The van der Waals surface area contributed by atoms with Gasteiger partial charge in [-0.2, -0.15) is 0 Å². The summed E-state index contributed by atoms with van der Waals surface area (Å²) in [6.45, 7) is 6.73. The van der Waals surface area contributed by atoms with Crippen LogP contribution in [0.2, 0.25) is 0 Å². The van der Waals surface area contributed by atoms with Crippen LogP contribution < -0.4 is 0 Å². The van der Waals surface area contributed by atoms with Crippen molar-refractivity contribution in [3.63, 3.8) is 0 Å². The monoisotopic (exact) mass is 239 g/mol. The lowest BCUT2D eigenvalue weighted by molar-refractivity contribution is 0.225. The number of nitrogens with zero attached hydrogens (tertiary/aromatic N) is 1. The van der Waals surface area contributed by atoms with Crippen LogP contribution in [0, 0.1) is 0 Å². The largest absolute Gasteiger partial charge is 0.301 e. The Hall–Kier alpha value is -0.530. The Kier molecular flexibility index (Phi) is 6.51. The molecule has 0 N–H and O–H groups in total. The summed E-state index contributed by atoms with van der Waals surface area (Å²) in [7, 11) is 0. The maximum absolute atomic E-state index is 5.74. The third kappa shape index (κ3) is 5.00. The average Bonchev–Trinajstić information content (AvgIpc) is 2.30. The van der Waals surface area contributed by atoms with E-state index in [0.717, 1.165) is 31.8 Å². The number of rotatable bonds is 7. The molecule has 1 aromatic rings. The zero-order chi connectivity index (χ0) is 11.8. The van der Waals surface area contributed by atoms with Crippen LogP contribution in [0.4, 0.5) is 0 Å². The SMILES string of the molecule is CC(C)N(CCCCl)CCc1ccccc1. The first-order chi connectivity index (χ1) is 7.74. The second-order valence-corrected chi connectivity index (χ2v) is 4.79. The van der Waals surface area contributed by atoms with Crippen LogP contribution >= 0.6 is 11.6 Å². The molecule has 1 rings (SSSR count). The van der Waals surface area contributed by atoms with Gasteiger partial charge in [-0.1, -0.05) is 30.3 Å². The fourth-order valence-electron chi connectivity index (χ4n) is 1.81. The summed E-state index contributed by atoms with van der Waals surface area (Å²) in [6, 6.07) is 11.3. The van der Waals surface area contributed by atoms with Gasteiger partial charge in [0, 0.05) is 18.5 Å². The summed E-state index contributed by atoms with van der Waals surface area (Å²) in [5.74, 6) is 0.758. The van der Waals surface area contributed by atoms with Gasteiger partial charge in [0.1, 0.15) is 0 Å². The molecule has 0 aromatic heterocycles. The zero-order valence-electron chi connectivity index (χ0n) is 10.3. The molecule has 0 bridgehead atoms. The van der Waals surface area contributed by atoms with E-state index in [4.69, 9.17) is 11.6 Å². The fourth-order valence-corrected chi connectivity index (χ4v) is 1.93. The van der Waals surface area contributed by atoms with Crippen molar-refractivity contribution in [3.8, 4) is 0 Å². The lowest BCUT2D eigenvalue weighted by Gasteiger charge is -2.26. The molecule has 0 radical (unpaired) electrons. The normalized spacial score (nSPS) is 11.3. The maximum atomic E-state index is 5.74. The number of halogens is 1. The first kappa shape index (κ1) is 13.5. The summed E-state index contributed by atoms with van der Waals surface area (Å²) in [5.41, 5.74) is 1.42. The first-order valence-electron chi connectivity index (χ1n) is 6.08. The summed E-state index contributed by atoms with van der Waals surface area (Å²) in [5, 5.41) is 0. The van der Waals surface area contributed by atoms with E-state index >= 15 is 0 Å². The van der Waals surface area contributed by atoms with Gasteiger partial charge in [0.25, 0.3) is 0 Å². The first-order valence-corrected chi connectivity index (χ1v) is 6.61. The Morgan fingerprint density at radius 2 is 1.81 bits per heavy atom. The third-order valence-corrected chi connectivity index (χ3v) is 3.11. The van der Waals surface area contributed by atoms with Crippen LogP contribution in [0.5, 0.6) is 0 Å². The van der Waals surface area contributed by atoms with E-state index in [1.165, 1.54) is 5.56 Å². The van der Waals surface area contributed by atoms with Crippen LogP contribution in [0.25, 0.3) is 0 Å². The second-order valence-electron chi connectivity index (χ2n) is 4.41. The van der Waals surface area contributed by atoms with Crippen molar-refractivity contribution < 1.29 is 0 Å². The molecule has 0 aliphatic carbocycles. The van der Waals surface area contributed by atoms with E-state index in [1.807, 2.05) is 0 Å². The van der Waals surface area contributed by atoms with Gasteiger partial charge in [0.2, 0.25) is 0 Å². The van der Waals surface area contributed by atoms with Crippen molar-refractivity contribution in [2.45, 2.75) is 32.7 Å². The van der Waals surface area contributed by atoms with Crippen molar-refractivity contribution in [2.24, 2.45) is 0 Å². The van der Waals surface area contributed by atoms with Crippen molar-refractivity contribution in [1.82, 2.24) is 4.90 Å². The number of benzene rings is 1. The quantitative estimate of drug-likeness (QED) is 0.658. The topological polar surface area (TPSA) is 3.24 Å². The number of alkyl halides is 1. The Labute approximate surface area is 104 Å². The molecule has 0 amide bonds. The fraction of sp³-hybridized carbons (Fsp3) is 0.571. The van der Waals surface area contributed by atoms with E-state index in [9.17, 15) is 0 Å². The highest BCUT2D eigenvalue weighted by molar-refractivity contribution is 6.17. The van der Waals surface area contributed by atoms with Gasteiger partial charge < -0.3 is 4.90 Å². The van der Waals surface area contributed by atoms with E-state index in [2.05, 4.69) is 49.1 Å². The Bertz CT molecular complexity index is 271. The number of hydrogen-bond acceptors (Lipinski definition) is 1. The molecule has 2 heteroatoms. The molecule has 90 valence electrons. The van der Waals surface area contributed by atoms with E-state index < -0.39 is 0 Å². The molecule has 1 aromatic carbocycles. The molecule has 0 saturated heterocycles. The standard InChI is InChI=1S/C14H22ClN/c1-13(2)16(11-6-10-15)12-9-14-7-4-3-5-8-14/h3-5,7-8,13H,6,9-12H2,1-2H3. The van der Waals surface area contributed by atoms with Crippen LogP contribution in [0.3, 0.4) is 0 Å². The van der Waals surface area contributed by atoms with E-state index in [0.29, 0.717) is 6.04 Å². The molecule has 0 fully saturated rings. The van der Waals surface area contributed by atoms with Crippen molar-refractivity contribution in [2.75, 3.05) is 19.0 Å². The lowest BCUT2D eigenvalue weighted by atomic mass is 10.1. The molecule has 1 nitrogen and oxygen atoms in total. The molecule has 0 unspecified atom stereocenters. The lowest BCUT2D eigenvalue weighted by Crippen LogP contribution is -2.33. The molecule has 0 aliphatic rings. The van der Waals surface area contributed by atoms with Crippen molar-refractivity contribution in [1.29, 1.82) is 0 Å². The highest BCUT2D eigenvalue weighted by Gasteiger charge is 2.08. The van der Waals surface area contributed by atoms with Gasteiger partial charge in [0.05, 0.1) is 0 Å². The highest BCUT2D eigenvalue weighted by Crippen LogP contribution is 2.05. The zero-order valence-corrected chi connectivity index (χ0v) is 11.1.